The van der Waals surface area contributed by atoms with Gasteiger partial charge in [0.15, 0.2) is 11.6 Å². The summed E-state index contributed by atoms with van der Waals surface area (Å²) in [4.78, 5) is 0. The Morgan fingerprint density at radius 1 is 0.737 bits per heavy atom. The number of benzene rings is 4. The second-order valence-electron chi connectivity index (χ2n) is 8.94. The number of unbranched alkanes of at least 4 members (excludes halogenated alkanes) is 3. The minimum Gasteiger partial charge on any atom is -0.399 e. The Hall–Kier alpha value is -3.92. The summed E-state index contributed by atoms with van der Waals surface area (Å²) in [6, 6.07) is 18.0. The number of hydrogen-bond acceptors (Lipinski definition) is 1. The average molecular weight is 527 g/mol. The van der Waals surface area contributed by atoms with Crippen molar-refractivity contribution in [1.82, 2.24) is 0 Å². The summed E-state index contributed by atoms with van der Waals surface area (Å²) in [5.41, 5.74) is 2.94. The standard InChI is InChI=1S/C31H24F6O/c1-2-3-4-5-6-20-7-10-22(11-8-20)24-15-16-26-25(19-24)14-13-23(29(26)34)12-9-21-17-27(32)30(28(33)18-21)38-31(35,36)37/h7-8,10-11,13-19H,2-6H2,1H3. The van der Waals surface area contributed by atoms with Crippen molar-refractivity contribution in [1.29, 1.82) is 0 Å². The molecule has 0 saturated heterocycles. The van der Waals surface area contributed by atoms with E-state index in [-0.39, 0.29) is 11.1 Å². The quantitative estimate of drug-likeness (QED) is 0.132. The van der Waals surface area contributed by atoms with Crippen molar-refractivity contribution in [3.8, 4) is 28.7 Å². The predicted octanol–water partition coefficient (Wildman–Crippen LogP) is 9.35. The lowest BCUT2D eigenvalue weighted by molar-refractivity contribution is -0.276. The summed E-state index contributed by atoms with van der Waals surface area (Å²) in [5, 5.41) is 0.972. The minimum absolute atomic E-state index is 0.0193. The Labute approximate surface area is 217 Å². The molecule has 0 spiro atoms. The Kier molecular flexibility index (Phi) is 8.31. The van der Waals surface area contributed by atoms with Gasteiger partial charge in [0, 0.05) is 10.9 Å². The first-order valence-electron chi connectivity index (χ1n) is 12.2. The highest BCUT2D eigenvalue weighted by Gasteiger charge is 2.34. The Morgan fingerprint density at radius 2 is 1.42 bits per heavy atom. The van der Waals surface area contributed by atoms with Crippen LogP contribution in [0.4, 0.5) is 26.3 Å². The van der Waals surface area contributed by atoms with Crippen LogP contribution >= 0.6 is 0 Å². The highest BCUT2D eigenvalue weighted by atomic mass is 19.4. The molecule has 0 radical (unpaired) electrons. The molecule has 0 aliphatic rings. The molecule has 4 rings (SSSR count). The van der Waals surface area contributed by atoms with Crippen LogP contribution in [0.2, 0.25) is 0 Å². The summed E-state index contributed by atoms with van der Waals surface area (Å²) in [6.07, 6.45) is 0.614. The van der Waals surface area contributed by atoms with Crippen LogP contribution in [0.3, 0.4) is 0 Å². The summed E-state index contributed by atoms with van der Waals surface area (Å²) in [6.45, 7) is 2.19. The second kappa shape index (κ2) is 11.6. The van der Waals surface area contributed by atoms with Gasteiger partial charge >= 0.3 is 6.36 Å². The summed E-state index contributed by atoms with van der Waals surface area (Å²) in [7, 11) is 0. The van der Waals surface area contributed by atoms with E-state index in [1.54, 1.807) is 12.1 Å². The van der Waals surface area contributed by atoms with E-state index in [4.69, 9.17) is 0 Å². The molecule has 0 aliphatic carbocycles. The van der Waals surface area contributed by atoms with Crippen LogP contribution in [0, 0.1) is 29.3 Å². The molecule has 0 fully saturated rings. The van der Waals surface area contributed by atoms with Gasteiger partial charge in [0.05, 0.1) is 5.56 Å². The van der Waals surface area contributed by atoms with Crippen LogP contribution in [0.15, 0.2) is 66.7 Å². The predicted molar refractivity (Wildman–Crippen MR) is 136 cm³/mol. The van der Waals surface area contributed by atoms with Crippen LogP contribution in [0.25, 0.3) is 21.9 Å². The number of fused-ring (bicyclic) bond motifs is 1. The first kappa shape index (κ1) is 27.1. The van der Waals surface area contributed by atoms with Gasteiger partial charge in [0.2, 0.25) is 5.75 Å². The third-order valence-corrected chi connectivity index (χ3v) is 6.12. The van der Waals surface area contributed by atoms with Crippen molar-refractivity contribution in [2.24, 2.45) is 0 Å². The van der Waals surface area contributed by atoms with Gasteiger partial charge in [0.25, 0.3) is 0 Å². The van der Waals surface area contributed by atoms with Gasteiger partial charge in [-0.1, -0.05) is 80.5 Å². The summed E-state index contributed by atoms with van der Waals surface area (Å²) < 4.78 is 83.3. The van der Waals surface area contributed by atoms with E-state index < -0.39 is 29.6 Å². The normalized spacial score (nSPS) is 11.3. The number of hydrogen-bond donors (Lipinski definition) is 0. The van der Waals surface area contributed by atoms with E-state index in [1.807, 2.05) is 12.1 Å². The molecule has 0 atom stereocenters. The zero-order valence-electron chi connectivity index (χ0n) is 20.6. The zero-order valence-corrected chi connectivity index (χ0v) is 20.6. The second-order valence-corrected chi connectivity index (χ2v) is 8.94. The van der Waals surface area contributed by atoms with E-state index in [0.717, 1.165) is 24.0 Å². The molecule has 196 valence electrons. The van der Waals surface area contributed by atoms with Gasteiger partial charge < -0.3 is 4.74 Å². The van der Waals surface area contributed by atoms with Gasteiger partial charge in [-0.05, 0) is 59.2 Å². The smallest absolute Gasteiger partial charge is 0.399 e. The van der Waals surface area contributed by atoms with Crippen LogP contribution in [0.5, 0.6) is 5.75 Å². The lowest BCUT2D eigenvalue weighted by Gasteiger charge is -2.10. The van der Waals surface area contributed by atoms with Crippen molar-refractivity contribution in [3.05, 3.63) is 101 Å². The molecule has 38 heavy (non-hydrogen) atoms. The SMILES string of the molecule is CCCCCCc1ccc(-c2ccc3c(F)c(C#Cc4cc(F)c(OC(F)(F)F)c(F)c4)ccc3c2)cc1. The third kappa shape index (κ3) is 6.69. The first-order chi connectivity index (χ1) is 18.1. The van der Waals surface area contributed by atoms with Gasteiger partial charge in [0.1, 0.15) is 5.82 Å². The lowest BCUT2D eigenvalue weighted by Crippen LogP contribution is -2.19. The fourth-order valence-electron chi connectivity index (χ4n) is 4.17. The maximum atomic E-state index is 15.1. The molecule has 4 aromatic rings. The molecule has 0 aromatic heterocycles. The van der Waals surface area contributed by atoms with Crippen LogP contribution < -0.4 is 4.74 Å². The van der Waals surface area contributed by atoms with E-state index >= 15 is 4.39 Å². The highest BCUT2D eigenvalue weighted by Crippen LogP contribution is 2.30. The third-order valence-electron chi connectivity index (χ3n) is 6.12. The van der Waals surface area contributed by atoms with Crippen molar-refractivity contribution in [2.45, 2.75) is 45.4 Å². The number of aryl methyl sites for hydroxylation is 1. The van der Waals surface area contributed by atoms with Gasteiger partial charge in [-0.3, -0.25) is 0 Å². The average Bonchev–Trinajstić information content (AvgIpc) is 2.88. The molecule has 7 heteroatoms. The van der Waals surface area contributed by atoms with Gasteiger partial charge in [-0.25, -0.2) is 13.2 Å². The lowest BCUT2D eigenvalue weighted by atomic mass is 9.98. The first-order valence-corrected chi connectivity index (χ1v) is 12.2. The van der Waals surface area contributed by atoms with Gasteiger partial charge in [-0.2, -0.15) is 0 Å². The van der Waals surface area contributed by atoms with E-state index in [1.165, 1.54) is 30.9 Å². The maximum Gasteiger partial charge on any atom is 0.573 e. The van der Waals surface area contributed by atoms with Crippen molar-refractivity contribution >= 4 is 10.8 Å². The Balaban J connectivity index is 1.54. The van der Waals surface area contributed by atoms with Crippen molar-refractivity contribution in [3.63, 3.8) is 0 Å². The molecular weight excluding hydrogens is 502 g/mol. The molecule has 0 saturated carbocycles. The van der Waals surface area contributed by atoms with Crippen LogP contribution in [-0.2, 0) is 6.42 Å². The number of halogens is 6. The highest BCUT2D eigenvalue weighted by molar-refractivity contribution is 5.89. The Morgan fingerprint density at radius 3 is 2.08 bits per heavy atom. The van der Waals surface area contributed by atoms with Crippen molar-refractivity contribution in [2.75, 3.05) is 0 Å². The minimum atomic E-state index is -5.25. The molecule has 0 N–H and O–H groups in total. The maximum absolute atomic E-state index is 15.1. The molecule has 1 nitrogen and oxygen atoms in total. The summed E-state index contributed by atoms with van der Waals surface area (Å²) >= 11 is 0. The largest absolute Gasteiger partial charge is 0.573 e. The molecular formula is C31H24F6O. The topological polar surface area (TPSA) is 9.23 Å². The molecule has 0 amide bonds. The number of alkyl halides is 3. The number of rotatable bonds is 7. The van der Waals surface area contributed by atoms with E-state index in [9.17, 15) is 22.0 Å². The fourth-order valence-corrected chi connectivity index (χ4v) is 4.17. The molecule has 0 unspecified atom stereocenters. The zero-order chi connectivity index (χ0) is 27.3. The molecule has 0 bridgehead atoms. The molecule has 0 heterocycles. The fraction of sp³-hybridized carbons (Fsp3) is 0.226. The molecule has 4 aromatic carbocycles. The monoisotopic (exact) mass is 526 g/mol. The van der Waals surface area contributed by atoms with Crippen LogP contribution in [-0.4, -0.2) is 6.36 Å². The van der Waals surface area contributed by atoms with E-state index in [0.29, 0.717) is 22.9 Å². The van der Waals surface area contributed by atoms with E-state index in [2.05, 4.69) is 47.8 Å². The molecule has 0 aliphatic heterocycles. The number of ether oxygens (including phenoxy) is 1. The van der Waals surface area contributed by atoms with Crippen molar-refractivity contribution < 1.29 is 31.1 Å². The van der Waals surface area contributed by atoms with Gasteiger partial charge in [-0.15, -0.1) is 13.2 Å². The summed E-state index contributed by atoms with van der Waals surface area (Å²) in [5.74, 6) is -0.421. The van der Waals surface area contributed by atoms with Crippen LogP contribution in [0.1, 0.15) is 49.3 Å². The Bertz CT molecular complexity index is 1470.